The van der Waals surface area contributed by atoms with Gasteiger partial charge < -0.3 is 14.8 Å². The summed E-state index contributed by atoms with van der Waals surface area (Å²) in [7, 11) is 0. The van der Waals surface area contributed by atoms with Crippen LogP contribution in [0.4, 0.5) is 0 Å². The first-order valence-corrected chi connectivity index (χ1v) is 10.1. The van der Waals surface area contributed by atoms with E-state index in [9.17, 15) is 4.79 Å². The van der Waals surface area contributed by atoms with Crippen LogP contribution in [0.25, 0.3) is 0 Å². The number of nitrogens with one attached hydrogen (secondary N) is 1. The summed E-state index contributed by atoms with van der Waals surface area (Å²) in [6.45, 7) is 3.68. The molecule has 0 unspecified atom stereocenters. The lowest BCUT2D eigenvalue weighted by Crippen LogP contribution is -2.27. The normalized spacial score (nSPS) is 12.7. The van der Waals surface area contributed by atoms with E-state index < -0.39 is 0 Å². The molecular formula is C20H22ClNO3S. The minimum Gasteiger partial charge on any atom is -0.486 e. The molecule has 1 N–H and O–H groups in total. The van der Waals surface area contributed by atoms with E-state index in [0.717, 1.165) is 11.3 Å². The molecule has 0 bridgehead atoms. The molecule has 2 aromatic carbocycles. The molecular weight excluding hydrogens is 370 g/mol. The van der Waals surface area contributed by atoms with Crippen LogP contribution in [0.2, 0.25) is 5.02 Å². The Kier molecular flexibility index (Phi) is 6.69. The van der Waals surface area contributed by atoms with Gasteiger partial charge >= 0.3 is 0 Å². The Morgan fingerprint density at radius 3 is 2.73 bits per heavy atom. The number of carbonyl (C=O) groups excluding carboxylic acids is 1. The van der Waals surface area contributed by atoms with E-state index in [1.807, 2.05) is 12.1 Å². The van der Waals surface area contributed by atoms with Crippen LogP contribution in [0.3, 0.4) is 0 Å². The molecule has 1 heterocycles. The quantitative estimate of drug-likeness (QED) is 0.774. The predicted octanol–water partition coefficient (Wildman–Crippen LogP) is 4.01. The molecule has 6 heteroatoms. The Balaban J connectivity index is 1.39. The Hall–Kier alpha value is -1.85. The van der Waals surface area contributed by atoms with E-state index in [1.54, 1.807) is 11.8 Å². The fourth-order valence-corrected chi connectivity index (χ4v) is 3.76. The first-order chi connectivity index (χ1) is 12.6. The summed E-state index contributed by atoms with van der Waals surface area (Å²) in [6, 6.07) is 12.2. The van der Waals surface area contributed by atoms with Crippen LogP contribution in [0.1, 0.15) is 16.7 Å². The maximum absolute atomic E-state index is 12.0. The second-order valence-electron chi connectivity index (χ2n) is 6.18. The molecule has 0 aliphatic carbocycles. The molecule has 1 aliphatic heterocycles. The van der Waals surface area contributed by atoms with Gasteiger partial charge in [-0.25, -0.2) is 0 Å². The van der Waals surface area contributed by atoms with Gasteiger partial charge in [-0.05, 0) is 36.6 Å². The highest BCUT2D eigenvalue weighted by molar-refractivity contribution is 7.99. The number of halogens is 1. The lowest BCUT2D eigenvalue weighted by Gasteiger charge is -2.20. The third kappa shape index (κ3) is 5.32. The number of rotatable bonds is 7. The molecule has 0 spiro atoms. The highest BCUT2D eigenvalue weighted by atomic mass is 35.5. The summed E-state index contributed by atoms with van der Waals surface area (Å²) >= 11 is 7.85. The number of carbonyl (C=O) groups is 1. The molecule has 4 nitrogen and oxygen atoms in total. The molecule has 0 atom stereocenters. The van der Waals surface area contributed by atoms with Crippen LogP contribution in [0, 0.1) is 6.92 Å². The predicted molar refractivity (Wildman–Crippen MR) is 106 cm³/mol. The summed E-state index contributed by atoms with van der Waals surface area (Å²) in [5.74, 6) is 2.63. The van der Waals surface area contributed by atoms with Gasteiger partial charge in [-0.15, -0.1) is 11.8 Å². The Labute approximate surface area is 163 Å². The van der Waals surface area contributed by atoms with E-state index in [0.29, 0.717) is 48.5 Å². The van der Waals surface area contributed by atoms with Gasteiger partial charge in [0.25, 0.3) is 0 Å². The summed E-state index contributed by atoms with van der Waals surface area (Å²) in [6.07, 6.45) is 0.699. The number of fused-ring (bicyclic) bond motifs is 1. The van der Waals surface area contributed by atoms with Crippen LogP contribution in [0.5, 0.6) is 11.5 Å². The molecule has 3 rings (SSSR count). The molecule has 0 aromatic heterocycles. The summed E-state index contributed by atoms with van der Waals surface area (Å²) < 4.78 is 11.1. The van der Waals surface area contributed by atoms with Gasteiger partial charge in [-0.2, -0.15) is 0 Å². The average molecular weight is 392 g/mol. The van der Waals surface area contributed by atoms with Crippen molar-refractivity contribution in [2.24, 2.45) is 0 Å². The molecule has 1 aliphatic rings. The third-order valence-corrected chi connectivity index (χ3v) is 5.30. The zero-order valence-electron chi connectivity index (χ0n) is 14.7. The van der Waals surface area contributed by atoms with E-state index in [2.05, 4.69) is 36.5 Å². The van der Waals surface area contributed by atoms with E-state index in [-0.39, 0.29) is 5.91 Å². The molecule has 2 aromatic rings. The lowest BCUT2D eigenvalue weighted by atomic mass is 10.1. The van der Waals surface area contributed by atoms with Gasteiger partial charge in [0.15, 0.2) is 11.5 Å². The Morgan fingerprint density at radius 1 is 1.15 bits per heavy atom. The SMILES string of the molecule is Cc1ccc(CSCC(=O)NCCc2cc(Cl)c3c(c2)OCCO3)cc1. The average Bonchev–Trinajstić information content (AvgIpc) is 2.63. The number of hydrogen-bond acceptors (Lipinski definition) is 4. The standard InChI is InChI=1S/C20H22ClNO3S/c1-14-2-4-15(5-3-14)12-26-13-19(23)22-7-6-16-10-17(21)20-18(11-16)24-8-9-25-20/h2-5,10-11H,6-9,12-13H2,1H3,(H,22,23). The van der Waals surface area contributed by atoms with Crippen molar-refractivity contribution in [1.29, 1.82) is 0 Å². The molecule has 0 saturated heterocycles. The van der Waals surface area contributed by atoms with Gasteiger partial charge in [0.05, 0.1) is 10.8 Å². The van der Waals surface area contributed by atoms with Crippen LogP contribution in [-0.2, 0) is 17.0 Å². The Morgan fingerprint density at radius 2 is 1.92 bits per heavy atom. The van der Waals surface area contributed by atoms with E-state index in [1.165, 1.54) is 11.1 Å². The number of amides is 1. The van der Waals surface area contributed by atoms with Gasteiger partial charge in [0.1, 0.15) is 13.2 Å². The van der Waals surface area contributed by atoms with Gasteiger partial charge in [-0.1, -0.05) is 41.4 Å². The zero-order valence-corrected chi connectivity index (χ0v) is 16.3. The maximum atomic E-state index is 12.0. The van der Waals surface area contributed by atoms with Crippen molar-refractivity contribution in [3.05, 3.63) is 58.1 Å². The van der Waals surface area contributed by atoms with Crippen molar-refractivity contribution in [2.75, 3.05) is 25.5 Å². The van der Waals surface area contributed by atoms with E-state index in [4.69, 9.17) is 21.1 Å². The molecule has 0 radical (unpaired) electrons. The highest BCUT2D eigenvalue weighted by Crippen LogP contribution is 2.38. The Bertz CT molecular complexity index is 764. The molecule has 26 heavy (non-hydrogen) atoms. The molecule has 0 fully saturated rings. The second-order valence-corrected chi connectivity index (χ2v) is 7.57. The topological polar surface area (TPSA) is 47.6 Å². The number of hydrogen-bond donors (Lipinski definition) is 1. The van der Waals surface area contributed by atoms with Crippen LogP contribution in [0.15, 0.2) is 36.4 Å². The smallest absolute Gasteiger partial charge is 0.230 e. The van der Waals surface area contributed by atoms with Crippen molar-refractivity contribution >= 4 is 29.3 Å². The fourth-order valence-electron chi connectivity index (χ4n) is 2.65. The maximum Gasteiger partial charge on any atom is 0.230 e. The molecule has 138 valence electrons. The number of ether oxygens (including phenoxy) is 2. The summed E-state index contributed by atoms with van der Waals surface area (Å²) in [5, 5.41) is 3.50. The minimum absolute atomic E-state index is 0.0470. The van der Waals surface area contributed by atoms with Gasteiger partial charge in [0.2, 0.25) is 5.91 Å². The van der Waals surface area contributed by atoms with Crippen molar-refractivity contribution in [1.82, 2.24) is 5.32 Å². The minimum atomic E-state index is 0.0470. The largest absolute Gasteiger partial charge is 0.486 e. The number of benzene rings is 2. The number of aryl methyl sites for hydroxylation is 1. The molecule has 1 amide bonds. The van der Waals surface area contributed by atoms with Gasteiger partial charge in [0, 0.05) is 12.3 Å². The van der Waals surface area contributed by atoms with Crippen LogP contribution < -0.4 is 14.8 Å². The van der Waals surface area contributed by atoms with E-state index >= 15 is 0 Å². The lowest BCUT2D eigenvalue weighted by molar-refractivity contribution is -0.118. The summed E-state index contributed by atoms with van der Waals surface area (Å²) in [4.78, 5) is 12.0. The van der Waals surface area contributed by atoms with Crippen molar-refractivity contribution < 1.29 is 14.3 Å². The zero-order chi connectivity index (χ0) is 18.4. The number of thioether (sulfide) groups is 1. The van der Waals surface area contributed by atoms with Crippen molar-refractivity contribution in [2.45, 2.75) is 19.1 Å². The fraction of sp³-hybridized carbons (Fsp3) is 0.350. The third-order valence-electron chi connectivity index (χ3n) is 4.01. The van der Waals surface area contributed by atoms with Crippen molar-refractivity contribution in [3.8, 4) is 11.5 Å². The summed E-state index contributed by atoms with van der Waals surface area (Å²) in [5.41, 5.74) is 3.50. The highest BCUT2D eigenvalue weighted by Gasteiger charge is 2.16. The first-order valence-electron chi connectivity index (χ1n) is 8.60. The second kappa shape index (κ2) is 9.19. The monoisotopic (exact) mass is 391 g/mol. The molecule has 0 saturated carbocycles. The van der Waals surface area contributed by atoms with Crippen molar-refractivity contribution in [3.63, 3.8) is 0 Å². The van der Waals surface area contributed by atoms with Crippen LogP contribution in [-0.4, -0.2) is 31.4 Å². The van der Waals surface area contributed by atoms with Gasteiger partial charge in [-0.3, -0.25) is 4.79 Å². The van der Waals surface area contributed by atoms with Crippen LogP contribution >= 0.6 is 23.4 Å². The first kappa shape index (κ1) is 18.9.